The van der Waals surface area contributed by atoms with Gasteiger partial charge in [0.2, 0.25) is 0 Å². The second-order valence-corrected chi connectivity index (χ2v) is 6.18. The number of likely N-dealkylation sites (tertiary alicyclic amines) is 1. The molecule has 0 aromatic carbocycles. The molecule has 3 heterocycles. The summed E-state index contributed by atoms with van der Waals surface area (Å²) in [5, 5.41) is 3.10. The molecule has 1 N–H and O–H groups in total. The van der Waals surface area contributed by atoms with E-state index in [2.05, 4.69) is 22.2 Å². The maximum Gasteiger partial charge on any atom is 0.261 e. The number of thiophene rings is 1. The van der Waals surface area contributed by atoms with E-state index in [1.54, 1.807) is 6.20 Å². The van der Waals surface area contributed by atoms with Crippen molar-refractivity contribution in [1.82, 2.24) is 15.2 Å². The van der Waals surface area contributed by atoms with Gasteiger partial charge in [-0.25, -0.2) is 0 Å². The molecule has 0 aliphatic carbocycles. The van der Waals surface area contributed by atoms with Gasteiger partial charge in [-0.3, -0.25) is 9.78 Å². The van der Waals surface area contributed by atoms with E-state index in [9.17, 15) is 4.79 Å². The molecule has 1 fully saturated rings. The Morgan fingerprint density at radius 1 is 1.40 bits per heavy atom. The standard InChI is InChI=1S/C15H17N3OS/c1-18-9-7-11(10-18)17-15(19)14-6-5-13(20-14)12-4-2-3-8-16-12/h2-6,8,11H,7,9-10H2,1H3,(H,17,19)/t11-/m1/s1. The maximum absolute atomic E-state index is 12.2. The number of hydrogen-bond donors (Lipinski definition) is 1. The van der Waals surface area contributed by atoms with Crippen molar-refractivity contribution in [1.29, 1.82) is 0 Å². The fourth-order valence-corrected chi connectivity index (χ4v) is 3.30. The molecule has 4 nitrogen and oxygen atoms in total. The molecule has 2 aromatic rings. The number of amides is 1. The fraction of sp³-hybridized carbons (Fsp3) is 0.333. The van der Waals surface area contributed by atoms with Crippen molar-refractivity contribution >= 4 is 17.2 Å². The Kier molecular flexibility index (Phi) is 3.80. The first-order chi connectivity index (χ1) is 9.72. The van der Waals surface area contributed by atoms with Crippen LogP contribution in [0.5, 0.6) is 0 Å². The van der Waals surface area contributed by atoms with Crippen LogP contribution in [-0.4, -0.2) is 42.0 Å². The van der Waals surface area contributed by atoms with Crippen LogP contribution in [0.25, 0.3) is 10.6 Å². The van der Waals surface area contributed by atoms with Gasteiger partial charge in [0.15, 0.2) is 0 Å². The average molecular weight is 287 g/mol. The van der Waals surface area contributed by atoms with Crippen LogP contribution in [0.3, 0.4) is 0 Å². The average Bonchev–Trinajstić information content (AvgIpc) is 3.09. The Bertz CT molecular complexity index is 596. The van der Waals surface area contributed by atoms with E-state index in [1.165, 1.54) is 11.3 Å². The monoisotopic (exact) mass is 287 g/mol. The molecule has 1 saturated heterocycles. The quantitative estimate of drug-likeness (QED) is 0.941. The van der Waals surface area contributed by atoms with Crippen LogP contribution in [0.4, 0.5) is 0 Å². The van der Waals surface area contributed by atoms with Gasteiger partial charge in [0, 0.05) is 18.8 Å². The molecule has 20 heavy (non-hydrogen) atoms. The number of aromatic nitrogens is 1. The lowest BCUT2D eigenvalue weighted by atomic mass is 10.2. The molecule has 0 bridgehead atoms. The third-order valence-electron chi connectivity index (χ3n) is 3.47. The minimum absolute atomic E-state index is 0.0254. The highest BCUT2D eigenvalue weighted by molar-refractivity contribution is 7.17. The van der Waals surface area contributed by atoms with Gasteiger partial charge < -0.3 is 10.2 Å². The molecule has 1 atom stereocenters. The Hall–Kier alpha value is -1.72. The first-order valence-electron chi connectivity index (χ1n) is 6.73. The SMILES string of the molecule is CN1CC[C@@H](NC(=O)c2ccc(-c3ccccn3)s2)C1. The van der Waals surface area contributed by atoms with Crippen LogP contribution in [0.1, 0.15) is 16.1 Å². The molecule has 1 aliphatic rings. The van der Waals surface area contributed by atoms with Crippen molar-refractivity contribution in [3.8, 4) is 10.6 Å². The van der Waals surface area contributed by atoms with Gasteiger partial charge in [0.05, 0.1) is 15.4 Å². The van der Waals surface area contributed by atoms with Crippen molar-refractivity contribution in [2.75, 3.05) is 20.1 Å². The predicted molar refractivity (Wildman–Crippen MR) is 80.9 cm³/mol. The topological polar surface area (TPSA) is 45.2 Å². The van der Waals surface area contributed by atoms with E-state index in [0.29, 0.717) is 0 Å². The van der Waals surface area contributed by atoms with E-state index in [4.69, 9.17) is 0 Å². The van der Waals surface area contributed by atoms with Crippen molar-refractivity contribution in [3.05, 3.63) is 41.4 Å². The molecule has 0 radical (unpaired) electrons. The summed E-state index contributed by atoms with van der Waals surface area (Å²) in [6.45, 7) is 1.98. The first kappa shape index (κ1) is 13.3. The number of pyridine rings is 1. The molecule has 0 saturated carbocycles. The lowest BCUT2D eigenvalue weighted by molar-refractivity contribution is 0.0942. The van der Waals surface area contributed by atoms with Crippen LogP contribution in [0.15, 0.2) is 36.5 Å². The Balaban J connectivity index is 1.69. The molecule has 0 spiro atoms. The summed E-state index contributed by atoms with van der Waals surface area (Å²) in [6.07, 6.45) is 2.80. The fourth-order valence-electron chi connectivity index (χ4n) is 2.42. The summed E-state index contributed by atoms with van der Waals surface area (Å²) >= 11 is 1.49. The van der Waals surface area contributed by atoms with Crippen LogP contribution in [0, 0.1) is 0 Å². The lowest BCUT2D eigenvalue weighted by Gasteiger charge is -2.11. The van der Waals surface area contributed by atoms with Crippen molar-refractivity contribution in [3.63, 3.8) is 0 Å². The molecule has 5 heteroatoms. The number of hydrogen-bond acceptors (Lipinski definition) is 4. The summed E-state index contributed by atoms with van der Waals surface area (Å²) in [5.74, 6) is 0.0254. The molecular formula is C15H17N3OS. The lowest BCUT2D eigenvalue weighted by Crippen LogP contribution is -2.36. The Morgan fingerprint density at radius 2 is 2.30 bits per heavy atom. The van der Waals surface area contributed by atoms with Gasteiger partial charge in [0.25, 0.3) is 5.91 Å². The highest BCUT2D eigenvalue weighted by Gasteiger charge is 2.22. The molecule has 1 aliphatic heterocycles. The predicted octanol–water partition coefficient (Wildman–Crippen LogP) is 2.24. The van der Waals surface area contributed by atoms with Crippen LogP contribution < -0.4 is 5.32 Å². The van der Waals surface area contributed by atoms with Gasteiger partial charge >= 0.3 is 0 Å². The minimum atomic E-state index is 0.0254. The smallest absolute Gasteiger partial charge is 0.261 e. The normalized spacial score (nSPS) is 19.1. The Labute approximate surface area is 122 Å². The maximum atomic E-state index is 12.2. The van der Waals surface area contributed by atoms with E-state index in [0.717, 1.165) is 35.0 Å². The summed E-state index contributed by atoms with van der Waals surface area (Å²) in [6, 6.07) is 9.91. The second-order valence-electron chi connectivity index (χ2n) is 5.10. The van der Waals surface area contributed by atoms with Crippen LogP contribution >= 0.6 is 11.3 Å². The molecule has 1 amide bonds. The Morgan fingerprint density at radius 3 is 3.00 bits per heavy atom. The van der Waals surface area contributed by atoms with E-state index in [-0.39, 0.29) is 11.9 Å². The summed E-state index contributed by atoms with van der Waals surface area (Å²) < 4.78 is 0. The van der Waals surface area contributed by atoms with Gasteiger partial charge in [-0.05, 0) is 44.3 Å². The van der Waals surface area contributed by atoms with E-state index in [1.807, 2.05) is 30.3 Å². The van der Waals surface area contributed by atoms with Gasteiger partial charge in [-0.2, -0.15) is 0 Å². The highest BCUT2D eigenvalue weighted by atomic mass is 32.1. The highest BCUT2D eigenvalue weighted by Crippen LogP contribution is 2.26. The number of nitrogens with one attached hydrogen (secondary N) is 1. The number of rotatable bonds is 3. The number of carbonyl (C=O) groups excluding carboxylic acids is 1. The number of nitrogens with zero attached hydrogens (tertiary/aromatic N) is 2. The summed E-state index contributed by atoms with van der Waals surface area (Å²) in [5.41, 5.74) is 0.914. The van der Waals surface area contributed by atoms with Gasteiger partial charge in [0.1, 0.15) is 0 Å². The first-order valence-corrected chi connectivity index (χ1v) is 7.54. The van der Waals surface area contributed by atoms with Gasteiger partial charge in [-0.15, -0.1) is 11.3 Å². The largest absolute Gasteiger partial charge is 0.347 e. The van der Waals surface area contributed by atoms with E-state index >= 15 is 0 Å². The van der Waals surface area contributed by atoms with Crippen molar-refractivity contribution < 1.29 is 4.79 Å². The molecule has 0 unspecified atom stereocenters. The van der Waals surface area contributed by atoms with E-state index < -0.39 is 0 Å². The second kappa shape index (κ2) is 5.73. The zero-order valence-corrected chi connectivity index (χ0v) is 12.2. The zero-order chi connectivity index (χ0) is 13.9. The number of likely N-dealkylation sites (N-methyl/N-ethyl adjacent to an activating group) is 1. The van der Waals surface area contributed by atoms with Crippen LogP contribution in [-0.2, 0) is 0 Å². The summed E-state index contributed by atoms with van der Waals surface area (Å²) in [4.78, 5) is 20.5. The zero-order valence-electron chi connectivity index (χ0n) is 11.4. The molecule has 2 aromatic heterocycles. The molecule has 3 rings (SSSR count). The molecular weight excluding hydrogens is 270 g/mol. The summed E-state index contributed by atoms with van der Waals surface area (Å²) in [7, 11) is 2.08. The van der Waals surface area contributed by atoms with Crippen molar-refractivity contribution in [2.24, 2.45) is 0 Å². The van der Waals surface area contributed by atoms with Crippen molar-refractivity contribution in [2.45, 2.75) is 12.5 Å². The van der Waals surface area contributed by atoms with Crippen LogP contribution in [0.2, 0.25) is 0 Å². The molecule has 104 valence electrons. The minimum Gasteiger partial charge on any atom is -0.347 e. The third kappa shape index (κ3) is 2.89. The van der Waals surface area contributed by atoms with Gasteiger partial charge in [-0.1, -0.05) is 6.07 Å². The number of carbonyl (C=O) groups is 1. The third-order valence-corrected chi connectivity index (χ3v) is 4.58.